The van der Waals surface area contributed by atoms with Gasteiger partial charge < -0.3 is 24.3 Å². The summed E-state index contributed by atoms with van der Waals surface area (Å²) in [5.41, 5.74) is 1.34. The second-order valence-electron chi connectivity index (χ2n) is 10.3. The molecule has 2 heterocycles. The van der Waals surface area contributed by atoms with Crippen LogP contribution in [-0.2, 0) is 20.7 Å². The van der Waals surface area contributed by atoms with Crippen LogP contribution in [0.4, 0.5) is 0 Å². The minimum atomic E-state index is -0.0570. The molecule has 4 fully saturated rings. The van der Waals surface area contributed by atoms with Crippen molar-refractivity contribution in [2.75, 3.05) is 27.3 Å². The van der Waals surface area contributed by atoms with Crippen LogP contribution in [0.15, 0.2) is 18.2 Å². The van der Waals surface area contributed by atoms with Gasteiger partial charge in [-0.2, -0.15) is 0 Å². The molecule has 6 nitrogen and oxygen atoms in total. The number of fused-ring (bicyclic) bond motifs is 2. The Labute approximate surface area is 185 Å². The normalized spacial score (nSPS) is 40.4. The molecule has 0 aromatic heterocycles. The van der Waals surface area contributed by atoms with Gasteiger partial charge in [0.05, 0.1) is 33.4 Å². The van der Waals surface area contributed by atoms with E-state index in [9.17, 15) is 4.79 Å². The van der Waals surface area contributed by atoms with E-state index in [-0.39, 0.29) is 41.0 Å². The van der Waals surface area contributed by atoms with Gasteiger partial charge in [0.15, 0.2) is 11.5 Å². The molecule has 7 atom stereocenters. The lowest BCUT2D eigenvalue weighted by molar-refractivity contribution is -0.658. The van der Waals surface area contributed by atoms with E-state index in [2.05, 4.69) is 25.2 Å². The van der Waals surface area contributed by atoms with Crippen LogP contribution in [-0.4, -0.2) is 51.1 Å². The van der Waals surface area contributed by atoms with Crippen molar-refractivity contribution in [2.24, 2.45) is 23.2 Å². The Bertz CT molecular complexity index is 858. The van der Waals surface area contributed by atoms with Crippen LogP contribution < -0.4 is 14.8 Å². The molecule has 2 saturated heterocycles. The minimum absolute atomic E-state index is 0.0156. The Kier molecular flexibility index (Phi) is 5.21. The first-order chi connectivity index (χ1) is 14.9. The van der Waals surface area contributed by atoms with Crippen LogP contribution in [0, 0.1) is 23.2 Å². The fraction of sp³-hybridized carbons (Fsp3) is 0.720. The van der Waals surface area contributed by atoms with E-state index in [1.165, 1.54) is 24.8 Å². The number of nitrogens with two attached hydrogens (primary N) is 1. The summed E-state index contributed by atoms with van der Waals surface area (Å²) in [6.45, 7) is 6.41. The van der Waals surface area contributed by atoms with Crippen LogP contribution in [0.3, 0.4) is 0 Å². The predicted molar refractivity (Wildman–Crippen MR) is 115 cm³/mol. The largest absolute Gasteiger partial charge is 0.493 e. The van der Waals surface area contributed by atoms with E-state index in [4.69, 9.17) is 18.9 Å². The zero-order valence-corrected chi connectivity index (χ0v) is 19.2. The van der Waals surface area contributed by atoms with Crippen molar-refractivity contribution < 1.29 is 29.1 Å². The van der Waals surface area contributed by atoms with Crippen LogP contribution in [0.1, 0.15) is 45.1 Å². The van der Waals surface area contributed by atoms with Gasteiger partial charge in [-0.15, -0.1) is 0 Å². The average molecular weight is 431 g/mol. The molecule has 0 bridgehead atoms. The molecule has 1 aromatic rings. The molecular weight excluding hydrogens is 394 g/mol. The summed E-state index contributed by atoms with van der Waals surface area (Å²) in [6.07, 6.45) is 5.79. The zero-order valence-electron chi connectivity index (χ0n) is 19.2. The molecule has 5 rings (SSSR count). The number of hydrogen-bond donors (Lipinski definition) is 1. The van der Waals surface area contributed by atoms with Crippen LogP contribution in [0.2, 0.25) is 0 Å². The number of epoxide rings is 1. The molecule has 2 aliphatic carbocycles. The number of hydrogen-bond acceptors (Lipinski definition) is 5. The van der Waals surface area contributed by atoms with Gasteiger partial charge in [-0.05, 0) is 42.9 Å². The molecule has 2 saturated carbocycles. The lowest BCUT2D eigenvalue weighted by Gasteiger charge is -2.48. The highest BCUT2D eigenvalue weighted by molar-refractivity contribution is 5.76. The maximum atomic E-state index is 12.8. The fourth-order valence-electron chi connectivity index (χ4n) is 7.10. The van der Waals surface area contributed by atoms with Gasteiger partial charge in [0.25, 0.3) is 0 Å². The van der Waals surface area contributed by atoms with Crippen molar-refractivity contribution >= 4 is 5.97 Å². The Balaban J connectivity index is 1.21. The van der Waals surface area contributed by atoms with E-state index < -0.39 is 0 Å². The van der Waals surface area contributed by atoms with Crippen molar-refractivity contribution in [1.29, 1.82) is 0 Å². The highest BCUT2D eigenvalue weighted by Gasteiger charge is 2.78. The lowest BCUT2D eigenvalue weighted by atomic mass is 9.53. The number of ether oxygens (including phenoxy) is 4. The van der Waals surface area contributed by atoms with E-state index in [1.54, 1.807) is 14.2 Å². The van der Waals surface area contributed by atoms with Gasteiger partial charge in [0, 0.05) is 17.8 Å². The highest BCUT2D eigenvalue weighted by Crippen LogP contribution is 2.70. The number of rotatable bonds is 7. The van der Waals surface area contributed by atoms with Crippen molar-refractivity contribution in [1.82, 2.24) is 0 Å². The van der Waals surface area contributed by atoms with E-state index in [1.807, 2.05) is 12.1 Å². The molecule has 170 valence electrons. The smallest absolute Gasteiger partial charge is 0.315 e. The molecule has 0 unspecified atom stereocenters. The average Bonchev–Trinajstić information content (AvgIpc) is 3.44. The Morgan fingerprint density at radius 2 is 2.03 bits per heavy atom. The summed E-state index contributed by atoms with van der Waals surface area (Å²) < 4.78 is 23.2. The van der Waals surface area contributed by atoms with Crippen molar-refractivity contribution in [3.05, 3.63) is 23.8 Å². The third-order valence-electron chi connectivity index (χ3n) is 8.70. The van der Waals surface area contributed by atoms with Crippen molar-refractivity contribution in [3.63, 3.8) is 0 Å². The van der Waals surface area contributed by atoms with Gasteiger partial charge in [-0.25, -0.2) is 0 Å². The number of benzene rings is 1. The van der Waals surface area contributed by atoms with Gasteiger partial charge in [0.2, 0.25) is 0 Å². The molecule has 0 radical (unpaired) electrons. The molecule has 0 amide bonds. The summed E-state index contributed by atoms with van der Waals surface area (Å²) >= 11 is 0. The third-order valence-corrected chi connectivity index (χ3v) is 8.70. The number of esters is 1. The predicted octanol–water partition coefficient (Wildman–Crippen LogP) is 2.34. The van der Waals surface area contributed by atoms with E-state index >= 15 is 0 Å². The molecule has 2 aliphatic heterocycles. The molecule has 31 heavy (non-hydrogen) atoms. The molecule has 1 spiro atoms. The number of carbonyl (C=O) groups is 1. The SMILES string of the molecule is COc1ccc(CC[NH2+]C[C@@H]2C(=O)O[C@@H]3C[C@@]4(C)CCC[C@@H](C)[C@@]45O[C@H]5[C@H]23)cc1OC. The summed E-state index contributed by atoms with van der Waals surface area (Å²) in [5.74, 6) is 2.22. The van der Waals surface area contributed by atoms with Crippen LogP contribution in [0.25, 0.3) is 0 Å². The fourth-order valence-corrected chi connectivity index (χ4v) is 7.10. The van der Waals surface area contributed by atoms with Gasteiger partial charge >= 0.3 is 5.97 Å². The second kappa shape index (κ2) is 7.66. The quantitative estimate of drug-likeness (QED) is 0.408. The van der Waals surface area contributed by atoms with Crippen molar-refractivity contribution in [2.45, 2.75) is 63.8 Å². The van der Waals surface area contributed by atoms with Crippen LogP contribution >= 0.6 is 0 Å². The maximum Gasteiger partial charge on any atom is 0.315 e. The standard InChI is InChI=1S/C25H35NO5/c1-15-6-5-10-24(2)13-20-21(22-25(15,24)31-22)17(23(27)30-20)14-26-11-9-16-7-8-18(28-3)19(12-16)29-4/h7-8,12,15,17,20-22,26H,5-6,9-11,13-14H2,1-4H3/p+1/t15-,17+,20-,21-,22+,24-,25+/m1/s1. The first kappa shape index (κ1) is 21.1. The number of methoxy groups -OCH3 is 2. The lowest BCUT2D eigenvalue weighted by Crippen LogP contribution is -2.86. The molecular formula is C25H36NO5+. The number of carbonyl (C=O) groups excluding carboxylic acids is 1. The van der Waals surface area contributed by atoms with Gasteiger partial charge in [-0.1, -0.05) is 26.3 Å². The van der Waals surface area contributed by atoms with E-state index in [0.29, 0.717) is 5.92 Å². The first-order valence-electron chi connectivity index (χ1n) is 11.8. The molecule has 2 N–H and O–H groups in total. The van der Waals surface area contributed by atoms with E-state index in [0.717, 1.165) is 37.4 Å². The van der Waals surface area contributed by atoms with Gasteiger partial charge in [-0.3, -0.25) is 4.79 Å². The molecule has 1 aromatic carbocycles. The third kappa shape index (κ3) is 3.17. The monoisotopic (exact) mass is 430 g/mol. The number of quaternary nitrogens is 1. The van der Waals surface area contributed by atoms with Crippen LogP contribution in [0.5, 0.6) is 11.5 Å². The highest BCUT2D eigenvalue weighted by atomic mass is 16.6. The second-order valence-corrected chi connectivity index (χ2v) is 10.3. The topological polar surface area (TPSA) is 73.9 Å². The Morgan fingerprint density at radius 1 is 1.23 bits per heavy atom. The molecule has 6 heteroatoms. The summed E-state index contributed by atoms with van der Waals surface area (Å²) in [7, 11) is 3.31. The van der Waals surface area contributed by atoms with Crippen molar-refractivity contribution in [3.8, 4) is 11.5 Å². The summed E-state index contributed by atoms with van der Waals surface area (Å²) in [4.78, 5) is 12.8. The zero-order chi connectivity index (χ0) is 21.8. The Morgan fingerprint density at radius 3 is 2.81 bits per heavy atom. The summed E-state index contributed by atoms with van der Waals surface area (Å²) in [6, 6.07) is 6.05. The first-order valence-corrected chi connectivity index (χ1v) is 11.8. The Hall–Kier alpha value is -1.79. The molecule has 4 aliphatic rings. The minimum Gasteiger partial charge on any atom is -0.493 e. The van der Waals surface area contributed by atoms with Gasteiger partial charge in [0.1, 0.15) is 17.6 Å². The summed E-state index contributed by atoms with van der Waals surface area (Å²) in [5, 5.41) is 2.26. The maximum absolute atomic E-state index is 12.8.